The average Bonchev–Trinajstić information content (AvgIpc) is 2.95. The number of benzene rings is 1. The molecule has 0 amide bonds. The first-order chi connectivity index (χ1) is 9.97. The number of allylic oxidation sites excluding steroid dienone is 1. The molecule has 0 spiro atoms. The largest absolute Gasteiger partial charge is 0.433 e. The molecule has 1 aromatic carbocycles. The van der Waals surface area contributed by atoms with Gasteiger partial charge in [-0.25, -0.2) is 0 Å². The van der Waals surface area contributed by atoms with Crippen LogP contribution < -0.4 is 0 Å². The molecule has 1 heterocycles. The van der Waals surface area contributed by atoms with Crippen molar-refractivity contribution in [2.75, 3.05) is 0 Å². The maximum absolute atomic E-state index is 11.7. The number of carbonyl (C=O) groups is 1. The van der Waals surface area contributed by atoms with Gasteiger partial charge < -0.3 is 4.42 Å². The molecule has 0 saturated heterocycles. The summed E-state index contributed by atoms with van der Waals surface area (Å²) in [6.07, 6.45) is 2.49. The summed E-state index contributed by atoms with van der Waals surface area (Å²) < 4.78 is 4.75. The average molecular weight is 288 g/mol. The first kappa shape index (κ1) is 14.1. The fourth-order valence-electron chi connectivity index (χ4n) is 1.55. The molecule has 0 atom stereocenters. The van der Waals surface area contributed by atoms with Crippen molar-refractivity contribution in [3.63, 3.8) is 0 Å². The molecular formula is C13H8N2O6. The maximum atomic E-state index is 11.7. The quantitative estimate of drug-likeness (QED) is 0.361. The van der Waals surface area contributed by atoms with E-state index in [0.717, 1.165) is 12.1 Å². The van der Waals surface area contributed by atoms with Gasteiger partial charge in [0.05, 0.1) is 11.0 Å². The summed E-state index contributed by atoms with van der Waals surface area (Å²) in [5.74, 6) is -1.28. The fourth-order valence-corrected chi connectivity index (χ4v) is 1.55. The van der Waals surface area contributed by atoms with Crippen LogP contribution in [0.15, 0.2) is 46.9 Å². The molecule has 2 aromatic rings. The number of nitro groups is 2. The van der Waals surface area contributed by atoms with Gasteiger partial charge >= 0.3 is 5.88 Å². The van der Waals surface area contributed by atoms with E-state index in [4.69, 9.17) is 4.42 Å². The predicted molar refractivity (Wildman–Crippen MR) is 71.8 cm³/mol. The number of carbonyl (C=O) groups excluding carboxylic acids is 1. The molecule has 0 bridgehead atoms. The van der Waals surface area contributed by atoms with Crippen molar-refractivity contribution in [1.82, 2.24) is 0 Å². The smallest absolute Gasteiger partial charge is 0.397 e. The Morgan fingerprint density at radius 2 is 1.86 bits per heavy atom. The molecule has 0 N–H and O–H groups in total. The van der Waals surface area contributed by atoms with Crippen LogP contribution in [0.1, 0.15) is 16.1 Å². The molecule has 0 fully saturated rings. The van der Waals surface area contributed by atoms with E-state index < -0.39 is 21.5 Å². The van der Waals surface area contributed by atoms with E-state index in [1.54, 1.807) is 6.07 Å². The number of ketones is 1. The molecule has 8 nitrogen and oxygen atoms in total. The van der Waals surface area contributed by atoms with E-state index in [-0.39, 0.29) is 11.4 Å². The third-order valence-electron chi connectivity index (χ3n) is 2.52. The van der Waals surface area contributed by atoms with Gasteiger partial charge in [0.2, 0.25) is 5.78 Å². The van der Waals surface area contributed by atoms with Crippen LogP contribution in [0.4, 0.5) is 11.6 Å². The molecule has 106 valence electrons. The third kappa shape index (κ3) is 3.38. The fraction of sp³-hybridized carbons (Fsp3) is 0. The summed E-state index contributed by atoms with van der Waals surface area (Å²) in [5.41, 5.74) is 0.358. The molecule has 0 radical (unpaired) electrons. The maximum Gasteiger partial charge on any atom is 0.433 e. The highest BCUT2D eigenvalue weighted by Gasteiger charge is 2.15. The highest BCUT2D eigenvalue weighted by Crippen LogP contribution is 2.18. The molecule has 0 unspecified atom stereocenters. The molecule has 8 heteroatoms. The number of rotatable bonds is 5. The second-order valence-corrected chi connectivity index (χ2v) is 3.94. The zero-order chi connectivity index (χ0) is 15.4. The summed E-state index contributed by atoms with van der Waals surface area (Å²) in [4.78, 5) is 31.5. The summed E-state index contributed by atoms with van der Waals surface area (Å²) in [6.45, 7) is 0. The minimum atomic E-state index is -0.749. The van der Waals surface area contributed by atoms with Gasteiger partial charge in [-0.2, -0.15) is 0 Å². The van der Waals surface area contributed by atoms with E-state index in [1.807, 2.05) is 0 Å². The van der Waals surface area contributed by atoms with Crippen molar-refractivity contribution >= 4 is 23.4 Å². The number of hydrogen-bond acceptors (Lipinski definition) is 6. The van der Waals surface area contributed by atoms with Crippen molar-refractivity contribution in [2.45, 2.75) is 0 Å². The van der Waals surface area contributed by atoms with Gasteiger partial charge in [0.1, 0.15) is 4.92 Å². The number of nitrogens with zero attached hydrogens (tertiary/aromatic N) is 2. The monoisotopic (exact) mass is 288 g/mol. The Balaban J connectivity index is 2.16. The molecule has 1 aromatic heterocycles. The van der Waals surface area contributed by atoms with E-state index in [1.165, 1.54) is 30.3 Å². The molecule has 0 aliphatic rings. The van der Waals surface area contributed by atoms with Crippen LogP contribution in [0.25, 0.3) is 6.08 Å². The van der Waals surface area contributed by atoms with Crippen LogP contribution in [0.2, 0.25) is 0 Å². The Labute approximate surface area is 117 Å². The van der Waals surface area contributed by atoms with Gasteiger partial charge in [-0.15, -0.1) is 0 Å². The minimum absolute atomic E-state index is 0.0989. The van der Waals surface area contributed by atoms with E-state index in [0.29, 0.717) is 5.56 Å². The van der Waals surface area contributed by atoms with Crippen molar-refractivity contribution in [3.8, 4) is 0 Å². The van der Waals surface area contributed by atoms with Crippen LogP contribution in [0, 0.1) is 20.2 Å². The first-order valence-electron chi connectivity index (χ1n) is 5.68. The standard InChI is InChI=1S/C13H8N2O6/c16-11(12-6-7-13(21-12)15(19)20)5-4-9-2-1-3-10(8-9)14(17)18/h1-8H/b5-4+. The molecule has 0 aliphatic heterocycles. The zero-order valence-electron chi connectivity index (χ0n) is 10.5. The van der Waals surface area contributed by atoms with Crippen molar-refractivity contribution in [2.24, 2.45) is 0 Å². The van der Waals surface area contributed by atoms with Crippen LogP contribution in [0.5, 0.6) is 0 Å². The van der Waals surface area contributed by atoms with Gasteiger partial charge in [-0.05, 0) is 17.7 Å². The van der Waals surface area contributed by atoms with E-state index >= 15 is 0 Å². The Hall–Kier alpha value is -3.29. The van der Waals surface area contributed by atoms with Crippen molar-refractivity contribution < 1.29 is 19.1 Å². The molecule has 21 heavy (non-hydrogen) atoms. The molecule has 0 saturated carbocycles. The van der Waals surface area contributed by atoms with Crippen molar-refractivity contribution in [3.05, 3.63) is 74.0 Å². The number of furan rings is 1. The third-order valence-corrected chi connectivity index (χ3v) is 2.52. The second kappa shape index (κ2) is 5.78. The lowest BCUT2D eigenvalue weighted by Crippen LogP contribution is -1.91. The topological polar surface area (TPSA) is 116 Å². The van der Waals surface area contributed by atoms with Gasteiger partial charge in [-0.3, -0.25) is 25.0 Å². The highest BCUT2D eigenvalue weighted by atomic mass is 16.6. The first-order valence-corrected chi connectivity index (χ1v) is 5.68. The normalized spacial score (nSPS) is 10.7. The number of hydrogen-bond donors (Lipinski definition) is 0. The summed E-state index contributed by atoms with van der Waals surface area (Å²) >= 11 is 0. The van der Waals surface area contributed by atoms with Gasteiger partial charge in [0.25, 0.3) is 5.69 Å². The zero-order valence-corrected chi connectivity index (χ0v) is 10.5. The Morgan fingerprint density at radius 3 is 2.48 bits per heavy atom. The molecule has 0 aliphatic carbocycles. The second-order valence-electron chi connectivity index (χ2n) is 3.94. The van der Waals surface area contributed by atoms with Gasteiger partial charge in [0, 0.05) is 12.1 Å². The summed E-state index contributed by atoms with van der Waals surface area (Å²) in [6, 6.07) is 7.97. The van der Waals surface area contributed by atoms with Gasteiger partial charge in [0.15, 0.2) is 5.76 Å². The Morgan fingerprint density at radius 1 is 1.10 bits per heavy atom. The summed E-state index contributed by atoms with van der Waals surface area (Å²) in [5, 5.41) is 21.1. The van der Waals surface area contributed by atoms with Crippen molar-refractivity contribution in [1.29, 1.82) is 0 Å². The van der Waals surface area contributed by atoms with Gasteiger partial charge in [-0.1, -0.05) is 18.2 Å². The summed E-state index contributed by atoms with van der Waals surface area (Å²) in [7, 11) is 0. The van der Waals surface area contributed by atoms with Crippen LogP contribution in [0.3, 0.4) is 0 Å². The minimum Gasteiger partial charge on any atom is -0.397 e. The van der Waals surface area contributed by atoms with Crippen LogP contribution in [-0.4, -0.2) is 15.6 Å². The predicted octanol–water partition coefficient (Wildman–Crippen LogP) is 2.99. The SMILES string of the molecule is O=C(/C=C/c1cccc([N+](=O)[O-])c1)c1ccc([N+](=O)[O-])o1. The molecule has 2 rings (SSSR count). The number of non-ortho nitro benzene ring substituents is 1. The van der Waals surface area contributed by atoms with E-state index in [2.05, 4.69) is 0 Å². The Bertz CT molecular complexity index is 747. The lowest BCUT2D eigenvalue weighted by molar-refractivity contribution is -0.402. The van der Waals surface area contributed by atoms with Crippen LogP contribution in [-0.2, 0) is 0 Å². The molecular weight excluding hydrogens is 280 g/mol. The number of nitro benzene ring substituents is 1. The Kier molecular flexibility index (Phi) is 3.89. The van der Waals surface area contributed by atoms with Crippen LogP contribution >= 0.6 is 0 Å². The lowest BCUT2D eigenvalue weighted by atomic mass is 10.1. The van der Waals surface area contributed by atoms with E-state index in [9.17, 15) is 25.0 Å². The lowest BCUT2D eigenvalue weighted by Gasteiger charge is -1.94. The highest BCUT2D eigenvalue weighted by molar-refractivity contribution is 6.05.